The van der Waals surface area contributed by atoms with E-state index in [1.54, 1.807) is 6.92 Å². The Bertz CT molecular complexity index is 519. The van der Waals surface area contributed by atoms with Crippen LogP contribution in [0.1, 0.15) is 16.1 Å². The lowest BCUT2D eigenvalue weighted by Gasteiger charge is -1.96. The van der Waals surface area contributed by atoms with Crippen molar-refractivity contribution in [3.63, 3.8) is 0 Å². The van der Waals surface area contributed by atoms with Crippen molar-refractivity contribution in [2.24, 2.45) is 0 Å². The third-order valence-corrected chi connectivity index (χ3v) is 2.05. The van der Waals surface area contributed by atoms with Gasteiger partial charge < -0.3 is 5.11 Å². The molecule has 0 amide bonds. The first-order valence-corrected chi connectivity index (χ1v) is 3.97. The van der Waals surface area contributed by atoms with E-state index >= 15 is 0 Å². The highest BCUT2D eigenvalue weighted by Gasteiger charge is 2.12. The number of benzene rings is 1. The molecule has 0 saturated heterocycles. The number of hydrogen-bond acceptors (Lipinski definition) is 2. The van der Waals surface area contributed by atoms with Crippen molar-refractivity contribution >= 4 is 16.9 Å². The number of aryl methyl sites for hydroxylation is 1. The molecule has 0 unspecified atom stereocenters. The molecule has 1 heterocycles. The average Bonchev–Trinajstić information content (AvgIpc) is 2.48. The molecule has 0 bridgehead atoms. The van der Waals surface area contributed by atoms with E-state index in [1.165, 1.54) is 6.07 Å². The summed E-state index contributed by atoms with van der Waals surface area (Å²) in [6.07, 6.45) is 0. The number of carbonyl (C=O) groups is 1. The predicted molar refractivity (Wildman–Crippen MR) is 47.7 cm³/mol. The van der Waals surface area contributed by atoms with Gasteiger partial charge in [0.15, 0.2) is 5.82 Å². The Morgan fingerprint density at radius 3 is 2.93 bits per heavy atom. The summed E-state index contributed by atoms with van der Waals surface area (Å²) in [6.45, 7) is 1.71. The van der Waals surface area contributed by atoms with Crippen LogP contribution in [0.4, 0.5) is 4.39 Å². The van der Waals surface area contributed by atoms with Gasteiger partial charge in [-0.3, -0.25) is 5.10 Å². The number of carboxylic acid groups (broad SMARTS) is 1. The Labute approximate surface area is 78.4 Å². The number of aromatic nitrogens is 2. The van der Waals surface area contributed by atoms with Gasteiger partial charge in [-0.05, 0) is 19.1 Å². The summed E-state index contributed by atoms with van der Waals surface area (Å²) in [4.78, 5) is 10.6. The smallest absolute Gasteiger partial charge is 0.335 e. The number of nitrogens with one attached hydrogen (secondary N) is 1. The van der Waals surface area contributed by atoms with Crippen LogP contribution in [0.3, 0.4) is 0 Å². The number of rotatable bonds is 1. The summed E-state index contributed by atoms with van der Waals surface area (Å²) in [7, 11) is 0. The zero-order valence-electron chi connectivity index (χ0n) is 7.34. The van der Waals surface area contributed by atoms with Crippen molar-refractivity contribution in [3.05, 3.63) is 29.2 Å². The molecule has 0 spiro atoms. The lowest BCUT2D eigenvalue weighted by molar-refractivity contribution is 0.0696. The first kappa shape index (κ1) is 8.68. The Morgan fingerprint density at radius 2 is 2.29 bits per heavy atom. The number of aromatic amines is 1. The van der Waals surface area contributed by atoms with E-state index in [0.29, 0.717) is 11.1 Å². The number of halogens is 1. The molecule has 0 fully saturated rings. The summed E-state index contributed by atoms with van der Waals surface area (Å²) in [6, 6.07) is 2.37. The number of aromatic carboxylic acids is 1. The first-order chi connectivity index (χ1) is 6.59. The lowest BCUT2D eigenvalue weighted by atomic mass is 10.1. The van der Waals surface area contributed by atoms with Crippen molar-refractivity contribution in [1.82, 2.24) is 10.2 Å². The van der Waals surface area contributed by atoms with Crippen LogP contribution in [0, 0.1) is 12.7 Å². The molecule has 1 aromatic heterocycles. The Kier molecular flexibility index (Phi) is 1.73. The Hall–Kier alpha value is -1.91. The third-order valence-electron chi connectivity index (χ3n) is 2.05. The molecule has 72 valence electrons. The molecule has 1 aromatic carbocycles. The fourth-order valence-electron chi connectivity index (χ4n) is 1.32. The summed E-state index contributed by atoms with van der Waals surface area (Å²) in [5, 5.41) is 15.5. The van der Waals surface area contributed by atoms with Crippen LogP contribution >= 0.6 is 0 Å². The van der Waals surface area contributed by atoms with Crippen molar-refractivity contribution < 1.29 is 14.3 Å². The molecule has 0 aliphatic rings. The second-order valence-corrected chi connectivity index (χ2v) is 3.01. The normalized spacial score (nSPS) is 10.7. The number of H-pyrrole nitrogens is 1. The Morgan fingerprint density at radius 1 is 1.57 bits per heavy atom. The van der Waals surface area contributed by atoms with Crippen LogP contribution in [-0.4, -0.2) is 21.3 Å². The number of hydrogen-bond donors (Lipinski definition) is 2. The monoisotopic (exact) mass is 194 g/mol. The summed E-state index contributed by atoms with van der Waals surface area (Å²) in [5.74, 6) is -1.77. The van der Waals surface area contributed by atoms with E-state index in [1.807, 2.05) is 0 Å². The summed E-state index contributed by atoms with van der Waals surface area (Å²) >= 11 is 0. The molecule has 0 aliphatic carbocycles. The van der Waals surface area contributed by atoms with Gasteiger partial charge >= 0.3 is 5.97 Å². The highest BCUT2D eigenvalue weighted by atomic mass is 19.1. The van der Waals surface area contributed by atoms with Gasteiger partial charge in [0.25, 0.3) is 0 Å². The average molecular weight is 194 g/mol. The predicted octanol–water partition coefficient (Wildman–Crippen LogP) is 1.71. The van der Waals surface area contributed by atoms with Crippen molar-refractivity contribution in [2.45, 2.75) is 6.92 Å². The van der Waals surface area contributed by atoms with E-state index in [0.717, 1.165) is 6.07 Å². The van der Waals surface area contributed by atoms with E-state index in [9.17, 15) is 9.18 Å². The first-order valence-electron chi connectivity index (χ1n) is 3.97. The van der Waals surface area contributed by atoms with Crippen molar-refractivity contribution in [3.8, 4) is 0 Å². The molecule has 5 heteroatoms. The fourth-order valence-corrected chi connectivity index (χ4v) is 1.32. The molecule has 4 nitrogen and oxygen atoms in total. The number of nitrogens with zero attached hydrogens (tertiary/aromatic N) is 1. The molecule has 0 aliphatic heterocycles. The topological polar surface area (TPSA) is 66.0 Å². The van der Waals surface area contributed by atoms with Crippen LogP contribution in [0.5, 0.6) is 0 Å². The minimum atomic E-state index is -1.15. The lowest BCUT2D eigenvalue weighted by Crippen LogP contribution is -1.97. The van der Waals surface area contributed by atoms with Crippen LogP contribution in [0.2, 0.25) is 0 Å². The molecule has 0 saturated carbocycles. The zero-order valence-corrected chi connectivity index (χ0v) is 7.34. The minimum Gasteiger partial charge on any atom is -0.478 e. The highest BCUT2D eigenvalue weighted by molar-refractivity contribution is 5.94. The number of carboxylic acids is 1. The van der Waals surface area contributed by atoms with E-state index in [-0.39, 0.29) is 11.1 Å². The molecule has 2 N–H and O–H groups in total. The zero-order chi connectivity index (χ0) is 10.3. The quantitative estimate of drug-likeness (QED) is 0.726. The van der Waals surface area contributed by atoms with Crippen LogP contribution < -0.4 is 0 Å². The van der Waals surface area contributed by atoms with E-state index < -0.39 is 11.8 Å². The van der Waals surface area contributed by atoms with Gasteiger partial charge in [-0.1, -0.05) is 0 Å². The van der Waals surface area contributed by atoms with Gasteiger partial charge in [-0.2, -0.15) is 5.10 Å². The molecule has 2 rings (SSSR count). The SMILES string of the molecule is Cc1[nH]nc2c(F)cc(C(=O)O)cc12. The maximum absolute atomic E-state index is 13.3. The van der Waals surface area contributed by atoms with E-state index in [4.69, 9.17) is 5.11 Å². The van der Waals surface area contributed by atoms with Gasteiger partial charge in [-0.25, -0.2) is 9.18 Å². The number of fused-ring (bicyclic) bond motifs is 1. The summed E-state index contributed by atoms with van der Waals surface area (Å²) in [5.41, 5.74) is 0.758. The molecule has 0 radical (unpaired) electrons. The Balaban J connectivity index is 2.82. The van der Waals surface area contributed by atoms with Gasteiger partial charge in [0.05, 0.1) is 5.56 Å². The largest absolute Gasteiger partial charge is 0.478 e. The second kappa shape index (κ2) is 2.80. The molecule has 0 atom stereocenters. The summed E-state index contributed by atoms with van der Waals surface area (Å²) < 4.78 is 13.3. The second-order valence-electron chi connectivity index (χ2n) is 3.01. The van der Waals surface area contributed by atoms with Gasteiger partial charge in [0.2, 0.25) is 0 Å². The molecular formula is C9H7FN2O2. The highest BCUT2D eigenvalue weighted by Crippen LogP contribution is 2.20. The maximum atomic E-state index is 13.3. The maximum Gasteiger partial charge on any atom is 0.335 e. The standard InChI is InChI=1S/C9H7FN2O2/c1-4-6-2-5(9(13)14)3-7(10)8(6)12-11-4/h2-3H,1H3,(H,11,12)(H,13,14). The van der Waals surface area contributed by atoms with Gasteiger partial charge in [0.1, 0.15) is 5.52 Å². The van der Waals surface area contributed by atoms with Gasteiger partial charge in [0, 0.05) is 11.1 Å². The van der Waals surface area contributed by atoms with Crippen molar-refractivity contribution in [2.75, 3.05) is 0 Å². The van der Waals surface area contributed by atoms with Crippen LogP contribution in [0.15, 0.2) is 12.1 Å². The van der Waals surface area contributed by atoms with E-state index in [2.05, 4.69) is 10.2 Å². The van der Waals surface area contributed by atoms with Gasteiger partial charge in [-0.15, -0.1) is 0 Å². The minimum absolute atomic E-state index is 0.0699. The third kappa shape index (κ3) is 1.14. The fraction of sp³-hybridized carbons (Fsp3) is 0.111. The molecule has 14 heavy (non-hydrogen) atoms. The van der Waals surface area contributed by atoms with Crippen LogP contribution in [-0.2, 0) is 0 Å². The molecule has 2 aromatic rings. The van der Waals surface area contributed by atoms with Crippen molar-refractivity contribution in [1.29, 1.82) is 0 Å². The van der Waals surface area contributed by atoms with Crippen LogP contribution in [0.25, 0.3) is 10.9 Å². The molecular weight excluding hydrogens is 187 g/mol.